The number of amides is 1. The fourth-order valence-electron chi connectivity index (χ4n) is 6.62. The molecule has 1 atom stereocenters. The van der Waals surface area contributed by atoms with Crippen molar-refractivity contribution >= 4 is 21.9 Å². The van der Waals surface area contributed by atoms with Crippen LogP contribution < -0.4 is 9.46 Å². The van der Waals surface area contributed by atoms with Crippen LogP contribution in [0.25, 0.3) is 11.3 Å². The van der Waals surface area contributed by atoms with Gasteiger partial charge in [-0.15, -0.1) is 0 Å². The number of fused-ring (bicyclic) bond motifs is 4. The lowest BCUT2D eigenvalue weighted by Crippen LogP contribution is -2.45. The van der Waals surface area contributed by atoms with Gasteiger partial charge in [0.05, 0.1) is 22.0 Å². The molecule has 254 valence electrons. The average molecular weight is 675 g/mol. The first-order chi connectivity index (χ1) is 22.3. The van der Waals surface area contributed by atoms with E-state index in [1.807, 2.05) is 32.0 Å². The summed E-state index contributed by atoms with van der Waals surface area (Å²) in [6.07, 6.45) is -2.05. The quantitative estimate of drug-likeness (QED) is 0.289. The van der Waals surface area contributed by atoms with Crippen molar-refractivity contribution in [2.75, 3.05) is 31.1 Å². The number of halogens is 3. The molecule has 1 N–H and O–H groups in total. The van der Waals surface area contributed by atoms with Crippen LogP contribution >= 0.6 is 0 Å². The Kier molecular flexibility index (Phi) is 9.23. The summed E-state index contributed by atoms with van der Waals surface area (Å²) in [5.41, 5.74) is 1.35. The number of rotatable bonds is 7. The normalized spacial score (nSPS) is 21.1. The van der Waals surface area contributed by atoms with Crippen LogP contribution in [0.5, 0.6) is 5.88 Å². The van der Waals surface area contributed by atoms with Crippen LogP contribution in [0.2, 0.25) is 0 Å². The zero-order valence-corrected chi connectivity index (χ0v) is 27.3. The van der Waals surface area contributed by atoms with Gasteiger partial charge in [-0.25, -0.2) is 18.1 Å². The van der Waals surface area contributed by atoms with E-state index in [0.29, 0.717) is 25.3 Å². The Morgan fingerprint density at radius 3 is 2.40 bits per heavy atom. The van der Waals surface area contributed by atoms with E-state index in [1.54, 1.807) is 11.0 Å². The molecule has 1 aliphatic carbocycles. The minimum atomic E-state index is -4.34. The molecule has 9 nitrogen and oxygen atoms in total. The number of alkyl halides is 3. The number of hydrogen-bond donors (Lipinski definition) is 1. The molecular formula is C34H41F3N4O5S. The van der Waals surface area contributed by atoms with Crippen molar-refractivity contribution in [2.45, 2.75) is 75.9 Å². The molecule has 3 aromatic rings. The molecule has 3 aliphatic rings. The van der Waals surface area contributed by atoms with Crippen molar-refractivity contribution in [3.63, 3.8) is 0 Å². The number of nitrogens with one attached hydrogen (secondary N) is 1. The molecular weight excluding hydrogens is 633 g/mol. The van der Waals surface area contributed by atoms with Crippen LogP contribution in [0, 0.1) is 25.2 Å². The highest BCUT2D eigenvalue weighted by atomic mass is 32.2. The molecule has 1 saturated heterocycles. The minimum Gasteiger partial charge on any atom is -0.475 e. The van der Waals surface area contributed by atoms with Gasteiger partial charge in [0.1, 0.15) is 6.61 Å². The number of sulfonamides is 1. The van der Waals surface area contributed by atoms with Crippen molar-refractivity contribution in [1.82, 2.24) is 14.9 Å². The van der Waals surface area contributed by atoms with E-state index in [2.05, 4.69) is 14.7 Å². The molecule has 4 bridgehead atoms. The Hall–Kier alpha value is -3.71. The van der Waals surface area contributed by atoms with E-state index in [0.717, 1.165) is 29.5 Å². The number of carbonyl (C=O) groups excluding carboxylic acids is 1. The fourth-order valence-corrected chi connectivity index (χ4v) is 7.61. The fraction of sp³-hybridized carbons (Fsp3) is 0.500. The lowest BCUT2D eigenvalue weighted by Gasteiger charge is -2.35. The Morgan fingerprint density at radius 1 is 1.02 bits per heavy atom. The molecule has 47 heavy (non-hydrogen) atoms. The highest BCUT2D eigenvalue weighted by Crippen LogP contribution is 2.60. The van der Waals surface area contributed by atoms with Crippen molar-refractivity contribution in [3.05, 3.63) is 65.2 Å². The van der Waals surface area contributed by atoms with Gasteiger partial charge in [-0.1, -0.05) is 24.3 Å². The molecule has 1 saturated carbocycles. The standard InChI is InChI=1S/C34H39F3N4O5S.H2/c1-22-5-3-6-23(2)30(22)28-20-29-39-32(38-28)40-47(43,44)27-8-4-7-25(19-27)31(42)41(16-10-24-11-17-45-18-12-24)26(21-46-29)9-13-33(14-15-33)34(35,36)37;/h3-8,19-20,24,26H,9-18,21H2,1-2H3,(H,38,39,40);1H. The van der Waals surface area contributed by atoms with Gasteiger partial charge in [-0.2, -0.15) is 18.2 Å². The average Bonchev–Trinajstić information content (AvgIpc) is 3.83. The highest BCUT2D eigenvalue weighted by Gasteiger charge is 2.62. The number of aromatic nitrogens is 2. The molecule has 1 amide bonds. The SMILES string of the molecule is Cc1cccc(C)c1-c1cc2nc(n1)NS(=O)(=O)c1cccc(c1)C(=O)N(CCC1CCOCC1)C(CCC1(C(F)(F)F)CC1)CO2.[HH]. The van der Waals surface area contributed by atoms with E-state index in [1.165, 1.54) is 24.3 Å². The maximum absolute atomic E-state index is 14.2. The number of ether oxygens (including phenoxy) is 2. The maximum atomic E-state index is 14.2. The third-order valence-electron chi connectivity index (χ3n) is 9.71. The molecule has 1 aromatic heterocycles. The summed E-state index contributed by atoms with van der Waals surface area (Å²) < 4.78 is 83.4. The molecule has 1 unspecified atom stereocenters. The van der Waals surface area contributed by atoms with Gasteiger partial charge in [-0.05, 0) is 94.0 Å². The van der Waals surface area contributed by atoms with Gasteiger partial charge in [0.15, 0.2) is 0 Å². The second-order valence-corrected chi connectivity index (χ2v) is 14.6. The number of benzene rings is 2. The summed E-state index contributed by atoms with van der Waals surface area (Å²) in [7, 11) is -4.24. The van der Waals surface area contributed by atoms with Crippen LogP contribution in [0.1, 0.15) is 67.9 Å². The Labute approximate surface area is 274 Å². The first kappa shape index (κ1) is 33.2. The summed E-state index contributed by atoms with van der Waals surface area (Å²) in [6, 6.07) is 12.2. The molecule has 2 fully saturated rings. The zero-order chi connectivity index (χ0) is 33.4. The molecule has 6 rings (SSSR count). The number of carbonyl (C=O) groups is 1. The van der Waals surface area contributed by atoms with Crippen LogP contribution in [-0.4, -0.2) is 67.8 Å². The predicted octanol–water partition coefficient (Wildman–Crippen LogP) is 6.95. The first-order valence-electron chi connectivity index (χ1n) is 16.0. The van der Waals surface area contributed by atoms with E-state index in [4.69, 9.17) is 9.47 Å². The lowest BCUT2D eigenvalue weighted by atomic mass is 9.93. The zero-order valence-electron chi connectivity index (χ0n) is 26.5. The van der Waals surface area contributed by atoms with E-state index < -0.39 is 33.6 Å². The van der Waals surface area contributed by atoms with Crippen molar-refractivity contribution in [2.24, 2.45) is 11.3 Å². The largest absolute Gasteiger partial charge is 0.475 e. The van der Waals surface area contributed by atoms with Crippen molar-refractivity contribution in [1.29, 1.82) is 0 Å². The van der Waals surface area contributed by atoms with Gasteiger partial charge < -0.3 is 14.4 Å². The van der Waals surface area contributed by atoms with Gasteiger partial charge in [-0.3, -0.25) is 4.79 Å². The summed E-state index contributed by atoms with van der Waals surface area (Å²) >= 11 is 0. The molecule has 3 heterocycles. The molecule has 0 spiro atoms. The number of anilines is 1. The number of hydrogen-bond acceptors (Lipinski definition) is 7. The van der Waals surface area contributed by atoms with E-state index in [-0.39, 0.29) is 68.5 Å². The van der Waals surface area contributed by atoms with Crippen LogP contribution in [0.15, 0.2) is 53.4 Å². The second kappa shape index (κ2) is 13.1. The molecule has 0 radical (unpaired) electrons. The van der Waals surface area contributed by atoms with Crippen molar-refractivity contribution in [3.8, 4) is 17.1 Å². The number of aryl methyl sites for hydroxylation is 2. The molecule has 2 aromatic carbocycles. The monoisotopic (exact) mass is 674 g/mol. The van der Waals surface area contributed by atoms with Gasteiger partial charge in [0.25, 0.3) is 15.9 Å². The summed E-state index contributed by atoms with van der Waals surface area (Å²) in [5.74, 6) is -0.362. The molecule has 13 heteroatoms. The van der Waals surface area contributed by atoms with Crippen molar-refractivity contribution < 1.29 is 37.3 Å². The summed E-state index contributed by atoms with van der Waals surface area (Å²) in [5, 5.41) is 0. The number of nitrogens with zero attached hydrogens (tertiary/aromatic N) is 3. The summed E-state index contributed by atoms with van der Waals surface area (Å²) in [4.78, 5) is 24.5. The topological polar surface area (TPSA) is 111 Å². The Bertz CT molecular complexity index is 1730. The third kappa shape index (κ3) is 7.25. The maximum Gasteiger partial charge on any atom is 0.394 e. The highest BCUT2D eigenvalue weighted by molar-refractivity contribution is 7.92. The Balaban J connectivity index is 0.00000451. The van der Waals surface area contributed by atoms with Crippen LogP contribution in [0.4, 0.5) is 19.1 Å². The minimum absolute atomic E-state index is 0. The second-order valence-electron chi connectivity index (χ2n) is 12.9. The van der Waals surface area contributed by atoms with E-state index in [9.17, 15) is 26.4 Å². The third-order valence-corrected chi connectivity index (χ3v) is 11.0. The van der Waals surface area contributed by atoms with Crippen LogP contribution in [-0.2, 0) is 14.8 Å². The summed E-state index contributed by atoms with van der Waals surface area (Å²) in [6.45, 7) is 5.19. The van der Waals surface area contributed by atoms with Gasteiger partial charge in [0.2, 0.25) is 11.8 Å². The van der Waals surface area contributed by atoms with Gasteiger partial charge >= 0.3 is 6.18 Å². The smallest absolute Gasteiger partial charge is 0.394 e. The Morgan fingerprint density at radius 2 is 1.72 bits per heavy atom. The molecule has 2 aliphatic heterocycles. The first-order valence-corrected chi connectivity index (χ1v) is 17.5. The predicted molar refractivity (Wildman–Crippen MR) is 172 cm³/mol. The van der Waals surface area contributed by atoms with E-state index >= 15 is 0 Å². The van der Waals surface area contributed by atoms with Gasteiger partial charge in [0, 0.05) is 38.4 Å². The lowest BCUT2D eigenvalue weighted by molar-refractivity contribution is -0.189. The van der Waals surface area contributed by atoms with Crippen LogP contribution in [0.3, 0.4) is 0 Å².